The Labute approximate surface area is 191 Å². The van der Waals surface area contributed by atoms with E-state index in [0.717, 1.165) is 22.8 Å². The van der Waals surface area contributed by atoms with E-state index < -0.39 is 11.7 Å². The van der Waals surface area contributed by atoms with Crippen LogP contribution >= 0.6 is 22.9 Å². The third kappa shape index (κ3) is 5.36. The molecular formula is C21H19ClF3N5OS. The van der Waals surface area contributed by atoms with Crippen LogP contribution in [0.5, 0.6) is 0 Å². The highest BCUT2D eigenvalue weighted by Gasteiger charge is 2.33. The zero-order valence-corrected chi connectivity index (χ0v) is 18.3. The molecule has 6 nitrogen and oxygen atoms in total. The van der Waals surface area contributed by atoms with Gasteiger partial charge >= 0.3 is 6.18 Å². The molecule has 1 fully saturated rings. The predicted octanol–water partition coefficient (Wildman–Crippen LogP) is 5.05. The molecule has 0 saturated carbocycles. The standard InChI is InChI=1S/C21H19ClF3N5OS/c22-16-11-15(21(23,24)25)12-26-18(16)30-8-6-14(7-9-30)19(31)27-20-29-28-17(32-20)10-13-4-2-1-3-5-13/h1-5,11-12,14H,6-10H2,(H,27,29,31). The number of aromatic nitrogens is 3. The van der Waals surface area contributed by atoms with Gasteiger partial charge < -0.3 is 10.2 Å². The number of nitrogens with zero attached hydrogens (tertiary/aromatic N) is 4. The molecule has 0 aliphatic carbocycles. The summed E-state index contributed by atoms with van der Waals surface area (Å²) in [5, 5.41) is 12.2. The summed E-state index contributed by atoms with van der Waals surface area (Å²) in [6.07, 6.45) is -2.01. The van der Waals surface area contributed by atoms with Gasteiger partial charge in [-0.2, -0.15) is 13.2 Å². The fourth-order valence-corrected chi connectivity index (χ4v) is 4.59. The summed E-state index contributed by atoms with van der Waals surface area (Å²) >= 11 is 7.38. The van der Waals surface area contributed by atoms with Crippen molar-refractivity contribution in [3.05, 3.63) is 63.8 Å². The second kappa shape index (κ2) is 9.41. The van der Waals surface area contributed by atoms with Gasteiger partial charge in [-0.25, -0.2) is 4.98 Å². The molecule has 0 spiro atoms. The van der Waals surface area contributed by atoms with E-state index in [4.69, 9.17) is 11.6 Å². The van der Waals surface area contributed by atoms with E-state index in [1.807, 2.05) is 30.3 Å². The second-order valence-corrected chi connectivity index (χ2v) is 8.91. The summed E-state index contributed by atoms with van der Waals surface area (Å²) in [4.78, 5) is 18.3. The Morgan fingerprint density at radius 3 is 2.56 bits per heavy atom. The Balaban J connectivity index is 1.31. The first-order chi connectivity index (χ1) is 15.3. The van der Waals surface area contributed by atoms with E-state index in [1.54, 1.807) is 4.90 Å². The lowest BCUT2D eigenvalue weighted by Gasteiger charge is -2.32. The van der Waals surface area contributed by atoms with E-state index >= 15 is 0 Å². The van der Waals surface area contributed by atoms with Crippen LogP contribution in [0.2, 0.25) is 5.02 Å². The molecule has 0 radical (unpaired) electrons. The van der Waals surface area contributed by atoms with Crippen LogP contribution in [-0.4, -0.2) is 34.2 Å². The number of hydrogen-bond acceptors (Lipinski definition) is 6. The van der Waals surface area contributed by atoms with Crippen molar-refractivity contribution < 1.29 is 18.0 Å². The molecule has 4 rings (SSSR count). The van der Waals surface area contributed by atoms with Crippen molar-refractivity contribution in [3.8, 4) is 0 Å². The van der Waals surface area contributed by atoms with Gasteiger partial charge in [0.15, 0.2) is 0 Å². The molecule has 3 heterocycles. The summed E-state index contributed by atoms with van der Waals surface area (Å²) in [7, 11) is 0. The second-order valence-electron chi connectivity index (χ2n) is 7.44. The number of carbonyl (C=O) groups is 1. The number of hydrogen-bond donors (Lipinski definition) is 1. The summed E-state index contributed by atoms with van der Waals surface area (Å²) in [5.41, 5.74) is 0.230. The lowest BCUT2D eigenvalue weighted by Crippen LogP contribution is -2.38. The number of alkyl halides is 3. The third-order valence-electron chi connectivity index (χ3n) is 5.21. The van der Waals surface area contributed by atoms with E-state index in [0.29, 0.717) is 43.3 Å². The Morgan fingerprint density at radius 1 is 1.19 bits per heavy atom. The minimum absolute atomic E-state index is 0.0532. The van der Waals surface area contributed by atoms with Gasteiger partial charge in [0, 0.05) is 31.6 Å². The van der Waals surface area contributed by atoms with Crippen molar-refractivity contribution in [1.82, 2.24) is 15.2 Å². The molecule has 1 saturated heterocycles. The maximum atomic E-state index is 12.8. The highest BCUT2D eigenvalue weighted by atomic mass is 35.5. The molecule has 0 unspecified atom stereocenters. The molecule has 3 aromatic rings. The number of rotatable bonds is 5. The first-order valence-electron chi connectivity index (χ1n) is 9.94. The van der Waals surface area contributed by atoms with E-state index in [-0.39, 0.29) is 16.8 Å². The van der Waals surface area contributed by atoms with E-state index in [1.165, 1.54) is 11.3 Å². The molecule has 1 amide bonds. The van der Waals surface area contributed by atoms with Crippen LogP contribution in [0.25, 0.3) is 0 Å². The summed E-state index contributed by atoms with van der Waals surface area (Å²) in [5.74, 6) is -0.0762. The minimum atomic E-state index is -4.49. The van der Waals surface area contributed by atoms with Crippen LogP contribution in [0.3, 0.4) is 0 Å². The fourth-order valence-electron chi connectivity index (χ4n) is 3.53. The Hall–Kier alpha value is -2.72. The highest BCUT2D eigenvalue weighted by Crippen LogP contribution is 2.34. The lowest BCUT2D eigenvalue weighted by molar-refractivity contribution is -0.137. The van der Waals surface area contributed by atoms with Crippen LogP contribution in [-0.2, 0) is 17.4 Å². The molecule has 0 bridgehead atoms. The zero-order chi connectivity index (χ0) is 22.7. The molecule has 2 aromatic heterocycles. The van der Waals surface area contributed by atoms with Crippen LogP contribution < -0.4 is 10.2 Å². The van der Waals surface area contributed by atoms with Crippen molar-refractivity contribution in [2.45, 2.75) is 25.4 Å². The number of anilines is 2. The zero-order valence-electron chi connectivity index (χ0n) is 16.8. The van der Waals surface area contributed by atoms with Gasteiger partial charge in [-0.05, 0) is 24.5 Å². The van der Waals surface area contributed by atoms with Crippen molar-refractivity contribution >= 4 is 39.8 Å². The first-order valence-corrected chi connectivity index (χ1v) is 11.1. The van der Waals surface area contributed by atoms with Gasteiger partial charge in [-0.1, -0.05) is 53.3 Å². The van der Waals surface area contributed by atoms with Gasteiger partial charge in [0.2, 0.25) is 11.0 Å². The molecule has 32 heavy (non-hydrogen) atoms. The lowest BCUT2D eigenvalue weighted by atomic mass is 9.96. The molecule has 11 heteroatoms. The van der Waals surface area contributed by atoms with Gasteiger partial charge in [0.05, 0.1) is 10.6 Å². The maximum Gasteiger partial charge on any atom is 0.417 e. The monoisotopic (exact) mass is 481 g/mol. The van der Waals surface area contributed by atoms with Crippen LogP contribution in [0, 0.1) is 5.92 Å². The fraction of sp³-hybridized carbons (Fsp3) is 0.333. The Morgan fingerprint density at radius 2 is 1.91 bits per heavy atom. The number of halogens is 4. The van der Waals surface area contributed by atoms with Crippen molar-refractivity contribution in [2.75, 3.05) is 23.3 Å². The average molecular weight is 482 g/mol. The number of carbonyl (C=O) groups excluding carboxylic acids is 1. The molecule has 1 N–H and O–H groups in total. The summed E-state index contributed by atoms with van der Waals surface area (Å²) < 4.78 is 38.4. The third-order valence-corrected chi connectivity index (χ3v) is 6.33. The quantitative estimate of drug-likeness (QED) is 0.552. The number of benzene rings is 1. The summed E-state index contributed by atoms with van der Waals surface area (Å²) in [6.45, 7) is 0.928. The van der Waals surface area contributed by atoms with Crippen molar-refractivity contribution in [3.63, 3.8) is 0 Å². The van der Waals surface area contributed by atoms with Crippen LogP contribution in [0.4, 0.5) is 24.1 Å². The van der Waals surface area contributed by atoms with Crippen LogP contribution in [0.1, 0.15) is 29.0 Å². The summed E-state index contributed by atoms with van der Waals surface area (Å²) in [6, 6.07) is 10.8. The van der Waals surface area contributed by atoms with Crippen molar-refractivity contribution in [1.29, 1.82) is 0 Å². The maximum absolute atomic E-state index is 12.8. The van der Waals surface area contributed by atoms with Gasteiger partial charge in [0.1, 0.15) is 10.8 Å². The highest BCUT2D eigenvalue weighted by molar-refractivity contribution is 7.15. The van der Waals surface area contributed by atoms with Crippen LogP contribution in [0.15, 0.2) is 42.6 Å². The topological polar surface area (TPSA) is 71.0 Å². The van der Waals surface area contributed by atoms with E-state index in [9.17, 15) is 18.0 Å². The molecule has 1 aliphatic rings. The SMILES string of the molecule is O=C(Nc1nnc(Cc2ccccc2)s1)C1CCN(c2ncc(C(F)(F)F)cc2Cl)CC1. The smallest absolute Gasteiger partial charge is 0.355 e. The molecular weight excluding hydrogens is 463 g/mol. The van der Waals surface area contributed by atoms with E-state index in [2.05, 4.69) is 20.5 Å². The molecule has 168 valence electrons. The first kappa shape index (κ1) is 22.5. The molecule has 1 aromatic carbocycles. The van der Waals surface area contributed by atoms with Gasteiger partial charge in [0.25, 0.3) is 0 Å². The number of piperidine rings is 1. The Kier molecular flexibility index (Phi) is 6.61. The Bertz CT molecular complexity index is 1080. The van der Waals surface area contributed by atoms with Crippen molar-refractivity contribution in [2.24, 2.45) is 5.92 Å². The number of pyridine rings is 1. The molecule has 1 aliphatic heterocycles. The predicted molar refractivity (Wildman–Crippen MR) is 117 cm³/mol. The van der Waals surface area contributed by atoms with Gasteiger partial charge in [-0.15, -0.1) is 10.2 Å². The normalized spacial score (nSPS) is 15.1. The van der Waals surface area contributed by atoms with Gasteiger partial charge in [-0.3, -0.25) is 4.79 Å². The number of amides is 1. The molecule has 0 atom stereocenters. The largest absolute Gasteiger partial charge is 0.417 e. The number of nitrogens with one attached hydrogen (secondary N) is 1. The minimum Gasteiger partial charge on any atom is -0.355 e. The average Bonchev–Trinajstić information content (AvgIpc) is 3.20.